The van der Waals surface area contributed by atoms with Gasteiger partial charge in [0.1, 0.15) is 0 Å². The molecule has 0 aliphatic rings. The molecule has 0 amide bonds. The second-order valence-corrected chi connectivity index (χ2v) is 15.4. The molecule has 0 fully saturated rings. The first-order valence-electron chi connectivity index (χ1n) is 10.7. The number of benzene rings is 2. The molecule has 0 atom stereocenters. The van der Waals surface area contributed by atoms with Gasteiger partial charge in [-0.15, -0.1) is 45.3 Å². The van der Waals surface area contributed by atoms with E-state index in [1.54, 1.807) is 0 Å². The zero-order chi connectivity index (χ0) is 23.7. The van der Waals surface area contributed by atoms with Gasteiger partial charge < -0.3 is 0 Å². The van der Waals surface area contributed by atoms with Crippen LogP contribution in [0.4, 0.5) is 0 Å². The lowest BCUT2D eigenvalue weighted by atomic mass is 10.1. The summed E-state index contributed by atoms with van der Waals surface area (Å²) in [6, 6.07) is 13.5. The molecule has 8 heteroatoms. The van der Waals surface area contributed by atoms with Crippen LogP contribution in [0.15, 0.2) is 54.3 Å². The number of aryl methyl sites for hydroxylation is 2. The molecule has 6 aromatic rings. The number of hydrogen-bond donors (Lipinski definition) is 0. The third-order valence-electron chi connectivity index (χ3n) is 6.02. The molecular formula is C26H16Br4S4. The van der Waals surface area contributed by atoms with Gasteiger partial charge in [-0.3, -0.25) is 0 Å². The van der Waals surface area contributed by atoms with Gasteiger partial charge in [0.15, 0.2) is 0 Å². The summed E-state index contributed by atoms with van der Waals surface area (Å²) in [5.74, 6) is 0. The molecule has 34 heavy (non-hydrogen) atoms. The Kier molecular flexibility index (Phi) is 6.68. The van der Waals surface area contributed by atoms with Gasteiger partial charge in [-0.25, -0.2) is 0 Å². The van der Waals surface area contributed by atoms with Crippen LogP contribution < -0.4 is 0 Å². The largest absolute Gasteiger partial charge is 0.131 e. The topological polar surface area (TPSA) is 0 Å². The second kappa shape index (κ2) is 9.35. The first kappa shape index (κ1) is 24.3. The van der Waals surface area contributed by atoms with E-state index in [2.05, 4.69) is 114 Å². The highest BCUT2D eigenvalue weighted by atomic mass is 79.9. The van der Waals surface area contributed by atoms with E-state index in [4.69, 9.17) is 0 Å². The lowest BCUT2D eigenvalue weighted by molar-refractivity contribution is 1.14. The van der Waals surface area contributed by atoms with Crippen molar-refractivity contribution < 1.29 is 0 Å². The minimum Gasteiger partial charge on any atom is -0.131 e. The molecule has 0 radical (unpaired) electrons. The van der Waals surface area contributed by atoms with E-state index in [0.29, 0.717) is 0 Å². The van der Waals surface area contributed by atoms with Crippen LogP contribution in [-0.2, 0) is 12.8 Å². The molecule has 0 bridgehead atoms. The SMILES string of the molecule is CCc1ccc(-c2sc3c(sc4c5sc(-c6ccc(CC)cc6Br)c(Br)c5sc34)c2Br)c(Br)c1. The molecule has 172 valence electrons. The van der Waals surface area contributed by atoms with Gasteiger partial charge in [0.2, 0.25) is 0 Å². The summed E-state index contributed by atoms with van der Waals surface area (Å²) in [7, 11) is 0. The number of fused-ring (bicyclic) bond motifs is 5. The fraction of sp³-hybridized carbons (Fsp3) is 0.154. The average molecular weight is 776 g/mol. The molecule has 6 rings (SSSR count). The summed E-state index contributed by atoms with van der Waals surface area (Å²) in [5, 5.41) is 0. The molecule has 0 aliphatic heterocycles. The van der Waals surface area contributed by atoms with Crippen LogP contribution >= 0.6 is 109 Å². The van der Waals surface area contributed by atoms with Gasteiger partial charge in [0.25, 0.3) is 0 Å². The molecule has 2 aromatic carbocycles. The van der Waals surface area contributed by atoms with Crippen molar-refractivity contribution in [2.75, 3.05) is 0 Å². The standard InChI is InChI=1S/C26H16Br4S4/c1-3-11-5-7-13(15(27)9-11)19-17(29)21-23(31-19)25-26(33-21)24-22(34-25)18(30)20(32-24)14-8-6-12(4-2)10-16(14)28/h5-10H,3-4H2,1-2H3. The van der Waals surface area contributed by atoms with Crippen molar-refractivity contribution in [3.8, 4) is 20.9 Å². The average Bonchev–Trinajstić information content (AvgIpc) is 3.53. The smallest absolute Gasteiger partial charge is 0.0651 e. The zero-order valence-corrected chi connectivity index (χ0v) is 27.6. The van der Waals surface area contributed by atoms with E-state index in [0.717, 1.165) is 21.8 Å². The minimum absolute atomic E-state index is 1.04. The number of hydrogen-bond acceptors (Lipinski definition) is 4. The Bertz CT molecular complexity index is 1600. The number of halogens is 4. The maximum Gasteiger partial charge on any atom is 0.0651 e. The first-order chi connectivity index (χ1) is 16.4. The van der Waals surface area contributed by atoms with E-state index in [9.17, 15) is 0 Å². The van der Waals surface area contributed by atoms with E-state index in [1.807, 2.05) is 45.3 Å². The molecule has 4 heterocycles. The van der Waals surface area contributed by atoms with Crippen molar-refractivity contribution in [2.45, 2.75) is 26.7 Å². The third-order valence-corrected chi connectivity index (χ3v) is 15.5. The Morgan fingerprint density at radius 1 is 0.529 bits per heavy atom. The van der Waals surface area contributed by atoms with E-state index < -0.39 is 0 Å². The van der Waals surface area contributed by atoms with E-state index >= 15 is 0 Å². The van der Waals surface area contributed by atoms with Gasteiger partial charge in [-0.1, -0.05) is 70.0 Å². The summed E-state index contributed by atoms with van der Waals surface area (Å²) in [6.07, 6.45) is 2.09. The van der Waals surface area contributed by atoms with Crippen molar-refractivity contribution in [1.82, 2.24) is 0 Å². The predicted molar refractivity (Wildman–Crippen MR) is 171 cm³/mol. The van der Waals surface area contributed by atoms with Crippen molar-refractivity contribution >= 4 is 137 Å². The van der Waals surface area contributed by atoms with Crippen molar-refractivity contribution in [2.24, 2.45) is 0 Å². The Hall–Kier alpha value is -0.0600. The summed E-state index contributed by atoms with van der Waals surface area (Å²) in [6.45, 7) is 4.39. The summed E-state index contributed by atoms with van der Waals surface area (Å²) in [5.41, 5.74) is 5.21. The van der Waals surface area contributed by atoms with Crippen molar-refractivity contribution in [1.29, 1.82) is 0 Å². The van der Waals surface area contributed by atoms with Crippen molar-refractivity contribution in [3.05, 3.63) is 65.4 Å². The molecule has 0 saturated heterocycles. The Balaban J connectivity index is 1.52. The molecule has 0 saturated carbocycles. The van der Waals surface area contributed by atoms with Crippen LogP contribution in [0.5, 0.6) is 0 Å². The first-order valence-corrected chi connectivity index (χ1v) is 17.2. The maximum absolute atomic E-state index is 3.96. The summed E-state index contributed by atoms with van der Waals surface area (Å²) < 4.78 is 13.1. The Labute approximate surface area is 247 Å². The van der Waals surface area contributed by atoms with Crippen LogP contribution in [0.2, 0.25) is 0 Å². The fourth-order valence-corrected chi connectivity index (χ4v) is 13.5. The maximum atomic E-state index is 3.96. The molecule has 0 spiro atoms. The van der Waals surface area contributed by atoms with Crippen LogP contribution in [0.3, 0.4) is 0 Å². The second-order valence-electron chi connectivity index (χ2n) is 8.00. The Morgan fingerprint density at radius 2 is 0.912 bits per heavy atom. The quantitative estimate of drug-likeness (QED) is 0.167. The lowest BCUT2D eigenvalue weighted by Gasteiger charge is -2.05. The summed E-state index contributed by atoms with van der Waals surface area (Å²) in [4.78, 5) is 2.60. The molecule has 0 N–H and O–H groups in total. The van der Waals surface area contributed by atoms with Gasteiger partial charge in [-0.2, -0.15) is 0 Å². The molecule has 0 aliphatic carbocycles. The molecule has 0 nitrogen and oxygen atoms in total. The van der Waals surface area contributed by atoms with Crippen molar-refractivity contribution in [3.63, 3.8) is 0 Å². The number of rotatable bonds is 4. The molecule has 4 aromatic heterocycles. The zero-order valence-electron chi connectivity index (χ0n) is 18.0. The monoisotopic (exact) mass is 772 g/mol. The molecule has 0 unspecified atom stereocenters. The van der Waals surface area contributed by atoms with E-state index in [1.165, 1.54) is 69.2 Å². The highest BCUT2D eigenvalue weighted by molar-refractivity contribution is 9.11. The third kappa shape index (κ3) is 3.78. The highest BCUT2D eigenvalue weighted by Gasteiger charge is 2.24. The highest BCUT2D eigenvalue weighted by Crippen LogP contribution is 2.57. The van der Waals surface area contributed by atoms with E-state index in [-0.39, 0.29) is 0 Å². The molecular weight excluding hydrogens is 760 g/mol. The van der Waals surface area contributed by atoms with Crippen LogP contribution in [-0.4, -0.2) is 0 Å². The van der Waals surface area contributed by atoms with Gasteiger partial charge in [0, 0.05) is 20.1 Å². The minimum atomic E-state index is 1.04. The van der Waals surface area contributed by atoms with Crippen LogP contribution in [0.25, 0.3) is 49.1 Å². The summed E-state index contributed by atoms with van der Waals surface area (Å²) >= 11 is 23.2. The van der Waals surface area contributed by atoms with Gasteiger partial charge in [-0.05, 0) is 68.0 Å². The van der Waals surface area contributed by atoms with Crippen LogP contribution in [0.1, 0.15) is 25.0 Å². The lowest BCUT2D eigenvalue weighted by Crippen LogP contribution is -1.82. The Morgan fingerprint density at radius 3 is 1.26 bits per heavy atom. The fourth-order valence-electron chi connectivity index (χ4n) is 4.14. The van der Waals surface area contributed by atoms with Crippen LogP contribution in [0, 0.1) is 0 Å². The van der Waals surface area contributed by atoms with Gasteiger partial charge in [0.05, 0.1) is 46.9 Å². The normalized spacial score (nSPS) is 12.1. The number of thiophene rings is 4. The predicted octanol–water partition coefficient (Wildman–Crippen LogP) is 12.9. The van der Waals surface area contributed by atoms with Gasteiger partial charge >= 0.3 is 0 Å².